The second kappa shape index (κ2) is 11.6. The van der Waals surface area contributed by atoms with Crippen LogP contribution in [0.1, 0.15) is 21.5 Å². The number of aromatic nitrogens is 2. The van der Waals surface area contributed by atoms with Crippen LogP contribution in [0.3, 0.4) is 0 Å². The van der Waals surface area contributed by atoms with Crippen LogP contribution in [0, 0.1) is 11.3 Å². The number of aromatic amines is 1. The highest BCUT2D eigenvalue weighted by Crippen LogP contribution is 2.33. The summed E-state index contributed by atoms with van der Waals surface area (Å²) in [6.07, 6.45) is 0. The number of Topliss-reactive ketones (excluding diaryl/α,β-unsaturated/α-hetero) is 1. The van der Waals surface area contributed by atoms with Crippen LogP contribution in [0.15, 0.2) is 82.7 Å². The molecule has 4 rings (SSSR count). The van der Waals surface area contributed by atoms with Crippen LogP contribution in [0.5, 0.6) is 11.5 Å². The summed E-state index contributed by atoms with van der Waals surface area (Å²) < 4.78 is 11.4. The molecule has 3 aromatic carbocycles. The standard InChI is InChI=1S/C27H20ClN3O4S/c1-34-24-13-19(9-12-23(24)35-15-17-5-3-2-4-6-17)25-21(14-29)26(33)31-27(30-25)36-16-22(32)18-7-10-20(28)11-8-18/h2-13H,15-16H2,1H3,(H,30,31,33). The predicted molar refractivity (Wildman–Crippen MR) is 139 cm³/mol. The molecule has 0 saturated heterocycles. The van der Waals surface area contributed by atoms with Crippen LogP contribution < -0.4 is 15.0 Å². The van der Waals surface area contributed by atoms with Gasteiger partial charge in [-0.05, 0) is 48.0 Å². The van der Waals surface area contributed by atoms with Crippen LogP contribution >= 0.6 is 23.4 Å². The van der Waals surface area contributed by atoms with Gasteiger partial charge in [0.25, 0.3) is 5.56 Å². The lowest BCUT2D eigenvalue weighted by Crippen LogP contribution is -2.15. The fourth-order valence-electron chi connectivity index (χ4n) is 3.36. The van der Waals surface area contributed by atoms with E-state index in [9.17, 15) is 14.9 Å². The molecule has 0 spiro atoms. The van der Waals surface area contributed by atoms with Gasteiger partial charge < -0.3 is 14.5 Å². The third-order valence-corrected chi connectivity index (χ3v) is 6.32. The number of rotatable bonds is 9. The second-order valence-corrected chi connectivity index (χ2v) is 8.97. The molecule has 0 bridgehead atoms. The van der Waals surface area contributed by atoms with Crippen molar-refractivity contribution in [2.45, 2.75) is 11.8 Å². The van der Waals surface area contributed by atoms with Gasteiger partial charge in [-0.2, -0.15) is 5.26 Å². The van der Waals surface area contributed by atoms with Crippen LogP contribution in [-0.2, 0) is 6.61 Å². The lowest BCUT2D eigenvalue weighted by Gasteiger charge is -2.13. The zero-order valence-electron chi connectivity index (χ0n) is 19.2. The molecular formula is C27H20ClN3O4S. The molecule has 0 unspecified atom stereocenters. The minimum absolute atomic E-state index is 0.0471. The summed E-state index contributed by atoms with van der Waals surface area (Å²) in [6, 6.07) is 23.3. The monoisotopic (exact) mass is 517 g/mol. The van der Waals surface area contributed by atoms with Gasteiger partial charge in [-0.3, -0.25) is 9.59 Å². The number of nitriles is 1. The van der Waals surface area contributed by atoms with Crippen molar-refractivity contribution in [3.8, 4) is 28.8 Å². The molecule has 0 amide bonds. The lowest BCUT2D eigenvalue weighted by molar-refractivity contribution is 0.102. The van der Waals surface area contributed by atoms with Crippen LogP contribution in [0.4, 0.5) is 0 Å². The van der Waals surface area contributed by atoms with Gasteiger partial charge >= 0.3 is 0 Å². The fraction of sp³-hybridized carbons (Fsp3) is 0.111. The highest BCUT2D eigenvalue weighted by Gasteiger charge is 2.17. The molecule has 0 atom stereocenters. The molecule has 0 fully saturated rings. The van der Waals surface area contributed by atoms with E-state index in [0.29, 0.717) is 34.3 Å². The molecule has 7 nitrogen and oxygen atoms in total. The van der Waals surface area contributed by atoms with E-state index in [1.54, 1.807) is 42.5 Å². The van der Waals surface area contributed by atoms with Gasteiger partial charge in [0.05, 0.1) is 18.6 Å². The molecular weight excluding hydrogens is 498 g/mol. The van der Waals surface area contributed by atoms with Gasteiger partial charge in [0.2, 0.25) is 0 Å². The normalized spacial score (nSPS) is 10.5. The number of benzene rings is 3. The summed E-state index contributed by atoms with van der Waals surface area (Å²) in [4.78, 5) is 32.2. The van der Waals surface area contributed by atoms with Crippen LogP contribution in [0.25, 0.3) is 11.3 Å². The number of carbonyl (C=O) groups excluding carboxylic acids is 1. The van der Waals surface area contributed by atoms with Crippen molar-refractivity contribution in [2.75, 3.05) is 12.9 Å². The summed E-state index contributed by atoms with van der Waals surface area (Å²) in [6.45, 7) is 0.353. The van der Waals surface area contributed by atoms with E-state index in [2.05, 4.69) is 9.97 Å². The van der Waals surface area contributed by atoms with Gasteiger partial charge in [-0.25, -0.2) is 4.98 Å². The van der Waals surface area contributed by atoms with Crippen molar-refractivity contribution < 1.29 is 14.3 Å². The van der Waals surface area contributed by atoms with Gasteiger partial charge in [-0.15, -0.1) is 0 Å². The quantitative estimate of drug-likeness (QED) is 0.177. The van der Waals surface area contributed by atoms with Crippen molar-refractivity contribution in [2.24, 2.45) is 0 Å². The van der Waals surface area contributed by atoms with Gasteiger partial charge in [0, 0.05) is 16.1 Å². The summed E-state index contributed by atoms with van der Waals surface area (Å²) in [5.74, 6) is 0.843. The predicted octanol–water partition coefficient (Wildman–Crippen LogP) is 5.52. The van der Waals surface area contributed by atoms with Gasteiger partial charge in [0.1, 0.15) is 18.2 Å². The third kappa shape index (κ3) is 5.95. The number of hydrogen-bond donors (Lipinski definition) is 1. The average molecular weight is 518 g/mol. The molecule has 9 heteroatoms. The lowest BCUT2D eigenvalue weighted by atomic mass is 10.1. The van der Waals surface area contributed by atoms with E-state index in [4.69, 9.17) is 21.1 Å². The minimum atomic E-state index is -0.590. The first-order chi connectivity index (χ1) is 17.5. The van der Waals surface area contributed by atoms with Crippen molar-refractivity contribution in [1.29, 1.82) is 5.26 Å². The molecule has 1 heterocycles. The van der Waals surface area contributed by atoms with Gasteiger partial charge in [0.15, 0.2) is 22.4 Å². The van der Waals surface area contributed by atoms with Gasteiger partial charge in [-0.1, -0.05) is 53.7 Å². The summed E-state index contributed by atoms with van der Waals surface area (Å²) >= 11 is 6.95. The number of carbonyl (C=O) groups is 1. The fourth-order valence-corrected chi connectivity index (χ4v) is 4.24. The number of hydrogen-bond acceptors (Lipinski definition) is 7. The number of nitrogens with one attached hydrogen (secondary N) is 1. The van der Waals surface area contributed by atoms with Crippen molar-refractivity contribution in [1.82, 2.24) is 9.97 Å². The van der Waals surface area contributed by atoms with E-state index < -0.39 is 5.56 Å². The number of halogens is 1. The number of ether oxygens (including phenoxy) is 2. The summed E-state index contributed by atoms with van der Waals surface area (Å²) in [5, 5.41) is 10.4. The first kappa shape index (κ1) is 25.0. The molecule has 4 aromatic rings. The Bertz CT molecular complexity index is 1480. The highest BCUT2D eigenvalue weighted by atomic mass is 35.5. The Morgan fingerprint density at radius 2 is 1.83 bits per heavy atom. The number of methoxy groups -OCH3 is 1. The SMILES string of the molecule is COc1cc(-c2nc(SCC(=O)c3ccc(Cl)cc3)[nH]c(=O)c2C#N)ccc1OCc1ccccc1. The van der Waals surface area contributed by atoms with E-state index >= 15 is 0 Å². The topological polar surface area (TPSA) is 105 Å². The van der Waals surface area contributed by atoms with E-state index in [1.807, 2.05) is 36.4 Å². The Balaban J connectivity index is 1.58. The molecule has 0 aliphatic rings. The molecule has 0 aliphatic heterocycles. The Hall–Kier alpha value is -4.06. The number of ketones is 1. The molecule has 1 N–H and O–H groups in total. The zero-order valence-corrected chi connectivity index (χ0v) is 20.7. The molecule has 0 saturated carbocycles. The third-order valence-electron chi connectivity index (χ3n) is 5.19. The Morgan fingerprint density at radius 1 is 1.08 bits per heavy atom. The first-order valence-corrected chi connectivity index (χ1v) is 12.2. The summed E-state index contributed by atoms with van der Waals surface area (Å²) in [5.41, 5.74) is 1.47. The zero-order chi connectivity index (χ0) is 25.5. The van der Waals surface area contributed by atoms with E-state index in [0.717, 1.165) is 17.3 Å². The maximum absolute atomic E-state index is 12.6. The Morgan fingerprint density at radius 3 is 2.53 bits per heavy atom. The van der Waals surface area contributed by atoms with E-state index in [1.165, 1.54) is 7.11 Å². The Kier molecular flexibility index (Phi) is 8.06. The molecule has 36 heavy (non-hydrogen) atoms. The van der Waals surface area contributed by atoms with Crippen molar-refractivity contribution in [3.05, 3.63) is 105 Å². The number of H-pyrrole nitrogens is 1. The molecule has 0 aliphatic carbocycles. The summed E-state index contributed by atoms with van der Waals surface area (Å²) in [7, 11) is 1.51. The van der Waals surface area contributed by atoms with Crippen molar-refractivity contribution in [3.63, 3.8) is 0 Å². The maximum Gasteiger partial charge on any atom is 0.270 e. The first-order valence-electron chi connectivity index (χ1n) is 10.8. The molecule has 180 valence electrons. The minimum Gasteiger partial charge on any atom is -0.493 e. The molecule has 1 aromatic heterocycles. The van der Waals surface area contributed by atoms with Crippen LogP contribution in [0.2, 0.25) is 5.02 Å². The smallest absolute Gasteiger partial charge is 0.270 e. The number of nitrogens with zero attached hydrogens (tertiary/aromatic N) is 2. The maximum atomic E-state index is 12.6. The average Bonchev–Trinajstić information content (AvgIpc) is 2.91. The Labute approximate surface area is 216 Å². The van der Waals surface area contributed by atoms with E-state index in [-0.39, 0.29) is 27.9 Å². The number of thioether (sulfide) groups is 1. The van der Waals surface area contributed by atoms with Crippen LogP contribution in [-0.4, -0.2) is 28.6 Å². The largest absolute Gasteiger partial charge is 0.493 e. The molecule has 0 radical (unpaired) electrons. The van der Waals surface area contributed by atoms with Crippen molar-refractivity contribution >= 4 is 29.1 Å². The highest BCUT2D eigenvalue weighted by molar-refractivity contribution is 7.99. The second-order valence-electron chi connectivity index (χ2n) is 7.57.